The fraction of sp³-hybridized carbons (Fsp3) is 0.538. The van der Waals surface area contributed by atoms with E-state index in [-0.39, 0.29) is 16.6 Å². The standard InChI is InChI=1S/C13H19N3O4S/c1-3-14(2)12-8-9-15(10-12)21(19,20)13-6-4-11(5-7-13)16(17)18/h4-7,12H,3,8-10H2,1-2H3/t12-/m0/s1. The number of non-ortho nitro benzene ring substituents is 1. The molecule has 0 unspecified atom stereocenters. The quantitative estimate of drug-likeness (QED) is 0.604. The molecule has 0 N–H and O–H groups in total. The van der Waals surface area contributed by atoms with Crippen molar-refractivity contribution in [1.82, 2.24) is 9.21 Å². The van der Waals surface area contributed by atoms with Gasteiger partial charge in [-0.2, -0.15) is 4.31 Å². The SMILES string of the molecule is CCN(C)[C@H]1CCN(S(=O)(=O)c2ccc([N+](=O)[O-])cc2)C1. The molecule has 1 aromatic carbocycles. The van der Waals surface area contributed by atoms with Crippen molar-refractivity contribution in [3.8, 4) is 0 Å². The van der Waals surface area contributed by atoms with E-state index in [0.29, 0.717) is 13.1 Å². The van der Waals surface area contributed by atoms with Crippen molar-refractivity contribution < 1.29 is 13.3 Å². The summed E-state index contributed by atoms with van der Waals surface area (Å²) < 4.78 is 26.5. The highest BCUT2D eigenvalue weighted by Crippen LogP contribution is 2.24. The van der Waals surface area contributed by atoms with Crippen molar-refractivity contribution in [2.24, 2.45) is 0 Å². The predicted octanol–water partition coefficient (Wildman–Crippen LogP) is 1.31. The first kappa shape index (κ1) is 15.9. The molecule has 1 aromatic rings. The van der Waals surface area contributed by atoms with Crippen LogP contribution in [0.25, 0.3) is 0 Å². The van der Waals surface area contributed by atoms with Gasteiger partial charge in [-0.05, 0) is 32.1 Å². The zero-order valence-electron chi connectivity index (χ0n) is 12.1. The number of nitrogens with zero attached hydrogens (tertiary/aromatic N) is 3. The van der Waals surface area contributed by atoms with Crippen molar-refractivity contribution in [1.29, 1.82) is 0 Å². The summed E-state index contributed by atoms with van der Waals surface area (Å²) in [6.45, 7) is 3.85. The third-order valence-corrected chi connectivity index (χ3v) is 5.81. The number of nitro benzene ring substituents is 1. The second kappa shape index (κ2) is 6.08. The molecule has 2 rings (SSSR count). The average Bonchev–Trinajstić information content (AvgIpc) is 2.97. The van der Waals surface area contributed by atoms with E-state index in [1.54, 1.807) is 0 Å². The number of benzene rings is 1. The summed E-state index contributed by atoms with van der Waals surface area (Å²) >= 11 is 0. The number of sulfonamides is 1. The third kappa shape index (κ3) is 3.22. The van der Waals surface area contributed by atoms with Gasteiger partial charge in [0.15, 0.2) is 0 Å². The minimum Gasteiger partial charge on any atom is -0.302 e. The first-order valence-electron chi connectivity index (χ1n) is 6.81. The highest BCUT2D eigenvalue weighted by Gasteiger charge is 2.33. The summed E-state index contributed by atoms with van der Waals surface area (Å²) in [5, 5.41) is 10.6. The van der Waals surface area contributed by atoms with Gasteiger partial charge in [0, 0.05) is 31.3 Å². The van der Waals surface area contributed by atoms with Gasteiger partial charge in [0.05, 0.1) is 9.82 Å². The molecule has 0 aromatic heterocycles. The summed E-state index contributed by atoms with van der Waals surface area (Å²) in [6, 6.07) is 5.26. The van der Waals surface area contributed by atoms with Gasteiger partial charge in [-0.25, -0.2) is 8.42 Å². The van der Waals surface area contributed by atoms with Gasteiger partial charge in [-0.3, -0.25) is 10.1 Å². The van der Waals surface area contributed by atoms with Crippen LogP contribution in [0.1, 0.15) is 13.3 Å². The van der Waals surface area contributed by atoms with Gasteiger partial charge in [0.25, 0.3) is 5.69 Å². The van der Waals surface area contributed by atoms with E-state index in [1.807, 2.05) is 14.0 Å². The second-order valence-electron chi connectivity index (χ2n) is 5.13. The lowest BCUT2D eigenvalue weighted by Gasteiger charge is -2.22. The monoisotopic (exact) mass is 313 g/mol. The summed E-state index contributed by atoms with van der Waals surface area (Å²) in [5.74, 6) is 0. The van der Waals surface area contributed by atoms with Crippen LogP contribution in [0.4, 0.5) is 5.69 Å². The Balaban J connectivity index is 2.17. The Morgan fingerprint density at radius 2 is 2.00 bits per heavy atom. The van der Waals surface area contributed by atoms with E-state index in [0.717, 1.165) is 13.0 Å². The van der Waals surface area contributed by atoms with Crippen molar-refractivity contribution >= 4 is 15.7 Å². The third-order valence-electron chi connectivity index (χ3n) is 3.93. The van der Waals surface area contributed by atoms with Crippen molar-refractivity contribution in [3.63, 3.8) is 0 Å². The molecule has 0 amide bonds. The smallest absolute Gasteiger partial charge is 0.269 e. The molecular weight excluding hydrogens is 294 g/mol. The Bertz CT molecular complexity index is 615. The molecule has 116 valence electrons. The molecule has 0 bridgehead atoms. The van der Waals surface area contributed by atoms with Crippen LogP contribution in [0, 0.1) is 10.1 Å². The van der Waals surface area contributed by atoms with E-state index >= 15 is 0 Å². The van der Waals surface area contributed by atoms with Crippen LogP contribution in [0.5, 0.6) is 0 Å². The van der Waals surface area contributed by atoms with E-state index in [1.165, 1.54) is 28.6 Å². The molecule has 1 fully saturated rings. The molecule has 0 aliphatic carbocycles. The van der Waals surface area contributed by atoms with Gasteiger partial charge in [0.2, 0.25) is 10.0 Å². The summed E-state index contributed by atoms with van der Waals surface area (Å²) in [4.78, 5) is 12.3. The largest absolute Gasteiger partial charge is 0.302 e. The molecule has 1 atom stereocenters. The van der Waals surface area contributed by atoms with Gasteiger partial charge >= 0.3 is 0 Å². The van der Waals surface area contributed by atoms with Crippen LogP contribution >= 0.6 is 0 Å². The molecule has 8 heteroatoms. The first-order chi connectivity index (χ1) is 9.86. The minimum atomic E-state index is -3.57. The molecule has 1 aliphatic heterocycles. The lowest BCUT2D eigenvalue weighted by molar-refractivity contribution is -0.384. The first-order valence-corrected chi connectivity index (χ1v) is 8.25. The van der Waals surface area contributed by atoms with Gasteiger partial charge in [0.1, 0.15) is 0 Å². The maximum atomic E-state index is 12.5. The maximum absolute atomic E-state index is 12.5. The van der Waals surface area contributed by atoms with E-state index in [2.05, 4.69) is 4.90 Å². The molecular formula is C13H19N3O4S. The van der Waals surface area contributed by atoms with Gasteiger partial charge in [-0.1, -0.05) is 6.92 Å². The van der Waals surface area contributed by atoms with Crippen LogP contribution in [0.15, 0.2) is 29.2 Å². The number of nitro groups is 1. The number of hydrogen-bond acceptors (Lipinski definition) is 5. The van der Waals surface area contributed by atoms with Crippen LogP contribution in [0.3, 0.4) is 0 Å². The van der Waals surface area contributed by atoms with Crippen LogP contribution < -0.4 is 0 Å². The molecule has 0 spiro atoms. The summed E-state index contributed by atoms with van der Waals surface area (Å²) in [7, 11) is -1.59. The van der Waals surface area contributed by atoms with E-state index < -0.39 is 14.9 Å². The molecule has 1 aliphatic rings. The molecule has 0 radical (unpaired) electrons. The molecule has 1 heterocycles. The fourth-order valence-electron chi connectivity index (χ4n) is 2.44. The Hall–Kier alpha value is -1.51. The average molecular weight is 313 g/mol. The Morgan fingerprint density at radius 1 is 1.38 bits per heavy atom. The molecule has 0 saturated carbocycles. The van der Waals surface area contributed by atoms with E-state index in [4.69, 9.17) is 0 Å². The van der Waals surface area contributed by atoms with Crippen LogP contribution in [-0.4, -0.2) is 55.3 Å². The Labute approximate surface area is 124 Å². The van der Waals surface area contributed by atoms with Crippen LogP contribution in [-0.2, 0) is 10.0 Å². The lowest BCUT2D eigenvalue weighted by Crippen LogP contribution is -2.36. The number of rotatable bonds is 5. The molecule has 1 saturated heterocycles. The number of hydrogen-bond donors (Lipinski definition) is 0. The minimum absolute atomic E-state index is 0.105. The van der Waals surface area contributed by atoms with Crippen molar-refractivity contribution in [2.75, 3.05) is 26.7 Å². The summed E-state index contributed by atoms with van der Waals surface area (Å²) in [6.07, 6.45) is 0.802. The Morgan fingerprint density at radius 3 is 2.52 bits per heavy atom. The normalized spacial score (nSPS) is 20.0. The highest BCUT2D eigenvalue weighted by molar-refractivity contribution is 7.89. The molecule has 7 nitrogen and oxygen atoms in total. The van der Waals surface area contributed by atoms with Gasteiger partial charge < -0.3 is 4.90 Å². The zero-order chi connectivity index (χ0) is 15.6. The Kier molecular flexibility index (Phi) is 4.60. The predicted molar refractivity (Wildman–Crippen MR) is 78.6 cm³/mol. The van der Waals surface area contributed by atoms with Crippen molar-refractivity contribution in [2.45, 2.75) is 24.3 Å². The lowest BCUT2D eigenvalue weighted by atomic mass is 10.2. The van der Waals surface area contributed by atoms with Crippen molar-refractivity contribution in [3.05, 3.63) is 34.4 Å². The second-order valence-corrected chi connectivity index (χ2v) is 7.07. The summed E-state index contributed by atoms with van der Waals surface area (Å²) in [5.41, 5.74) is -0.112. The van der Waals surface area contributed by atoms with Crippen LogP contribution in [0.2, 0.25) is 0 Å². The fourth-order valence-corrected chi connectivity index (χ4v) is 3.93. The highest BCUT2D eigenvalue weighted by atomic mass is 32.2. The topological polar surface area (TPSA) is 83.8 Å². The van der Waals surface area contributed by atoms with Gasteiger partial charge in [-0.15, -0.1) is 0 Å². The maximum Gasteiger partial charge on any atom is 0.269 e. The number of likely N-dealkylation sites (N-methyl/N-ethyl adjacent to an activating group) is 1. The molecule has 21 heavy (non-hydrogen) atoms. The zero-order valence-corrected chi connectivity index (χ0v) is 12.9. The van der Waals surface area contributed by atoms with E-state index in [9.17, 15) is 18.5 Å².